The number of rotatable bonds is 9. The first-order chi connectivity index (χ1) is 11.0. The minimum absolute atomic E-state index is 0. The summed E-state index contributed by atoms with van der Waals surface area (Å²) < 4.78 is 29.9. The van der Waals surface area contributed by atoms with E-state index in [9.17, 15) is 8.42 Å². The third kappa shape index (κ3) is 10.00. The van der Waals surface area contributed by atoms with Gasteiger partial charge in [0.25, 0.3) is 0 Å². The number of nitrogens with zero attached hydrogens (tertiary/aromatic N) is 2. The molecule has 0 aromatic carbocycles. The van der Waals surface area contributed by atoms with E-state index in [0.29, 0.717) is 19.0 Å². The van der Waals surface area contributed by atoms with Gasteiger partial charge in [0.2, 0.25) is 10.0 Å². The van der Waals surface area contributed by atoms with E-state index in [1.165, 1.54) is 6.26 Å². The van der Waals surface area contributed by atoms with Crippen molar-refractivity contribution >= 4 is 40.0 Å². The zero-order valence-corrected chi connectivity index (χ0v) is 18.2. The van der Waals surface area contributed by atoms with Crippen molar-refractivity contribution in [3.63, 3.8) is 0 Å². The van der Waals surface area contributed by atoms with Gasteiger partial charge in [-0.15, -0.1) is 24.0 Å². The molecule has 0 atom stereocenters. The molecule has 144 valence electrons. The quantitative estimate of drug-likeness (QED) is 0.227. The van der Waals surface area contributed by atoms with Crippen molar-refractivity contribution in [3.05, 3.63) is 0 Å². The Morgan fingerprint density at radius 3 is 2.46 bits per heavy atom. The molecule has 0 aliphatic carbocycles. The second-order valence-electron chi connectivity index (χ2n) is 5.89. The number of aliphatic imine (C=N–C) groups is 1. The standard InChI is InChI=1S/C15H32N4O3S.HI/c1-4-22-12-6-5-9-17-15(16-2)18-13-14-7-10-19(11-8-14)23(3,20)21;/h14H,4-13H2,1-3H3,(H2,16,17,18);1H. The summed E-state index contributed by atoms with van der Waals surface area (Å²) >= 11 is 0. The number of guanidine groups is 1. The molecule has 0 unspecified atom stereocenters. The molecule has 0 radical (unpaired) electrons. The lowest BCUT2D eigenvalue weighted by atomic mass is 9.98. The van der Waals surface area contributed by atoms with E-state index in [4.69, 9.17) is 4.74 Å². The van der Waals surface area contributed by atoms with Crippen LogP contribution in [0.5, 0.6) is 0 Å². The summed E-state index contributed by atoms with van der Waals surface area (Å²) in [6.07, 6.45) is 5.16. The van der Waals surface area contributed by atoms with Gasteiger partial charge in [-0.1, -0.05) is 0 Å². The van der Waals surface area contributed by atoms with Gasteiger partial charge in [0.1, 0.15) is 0 Å². The van der Waals surface area contributed by atoms with Crippen molar-refractivity contribution in [2.45, 2.75) is 32.6 Å². The second kappa shape index (κ2) is 13.1. The number of hydrogen-bond acceptors (Lipinski definition) is 4. The third-order valence-electron chi connectivity index (χ3n) is 4.04. The van der Waals surface area contributed by atoms with Crippen LogP contribution in [0.1, 0.15) is 32.6 Å². The number of halogens is 1. The van der Waals surface area contributed by atoms with Crippen LogP contribution < -0.4 is 10.6 Å². The number of hydrogen-bond donors (Lipinski definition) is 2. The fourth-order valence-corrected chi connectivity index (χ4v) is 3.46. The highest BCUT2D eigenvalue weighted by atomic mass is 127. The molecule has 0 spiro atoms. The van der Waals surface area contributed by atoms with Crippen LogP contribution in [-0.4, -0.2) is 71.4 Å². The molecule has 2 N–H and O–H groups in total. The van der Waals surface area contributed by atoms with Crippen molar-refractivity contribution in [3.8, 4) is 0 Å². The van der Waals surface area contributed by atoms with Crippen LogP contribution in [0.3, 0.4) is 0 Å². The van der Waals surface area contributed by atoms with E-state index < -0.39 is 10.0 Å². The van der Waals surface area contributed by atoms with Crippen molar-refractivity contribution in [1.29, 1.82) is 0 Å². The topological polar surface area (TPSA) is 83.0 Å². The van der Waals surface area contributed by atoms with Gasteiger partial charge in [0.05, 0.1) is 6.26 Å². The lowest BCUT2D eigenvalue weighted by Gasteiger charge is -2.30. The number of nitrogens with one attached hydrogen (secondary N) is 2. The van der Waals surface area contributed by atoms with Crippen molar-refractivity contribution in [2.24, 2.45) is 10.9 Å². The molecule has 1 fully saturated rings. The molecule has 7 nitrogen and oxygen atoms in total. The number of sulfonamides is 1. The molecule has 1 aliphatic heterocycles. The number of ether oxygens (including phenoxy) is 1. The Morgan fingerprint density at radius 2 is 1.92 bits per heavy atom. The Morgan fingerprint density at radius 1 is 1.25 bits per heavy atom. The molecule has 1 saturated heterocycles. The molecule has 0 amide bonds. The fourth-order valence-electron chi connectivity index (χ4n) is 2.59. The Bertz CT molecular complexity index is 452. The first-order valence-corrected chi connectivity index (χ1v) is 10.3. The average molecular weight is 476 g/mol. The molecular weight excluding hydrogens is 443 g/mol. The molecule has 0 aromatic heterocycles. The van der Waals surface area contributed by atoms with Gasteiger partial charge in [0, 0.05) is 46.4 Å². The highest BCUT2D eigenvalue weighted by molar-refractivity contribution is 14.0. The van der Waals surface area contributed by atoms with Crippen molar-refractivity contribution in [2.75, 3.05) is 52.7 Å². The molecule has 0 saturated carbocycles. The van der Waals surface area contributed by atoms with Crippen molar-refractivity contribution in [1.82, 2.24) is 14.9 Å². The summed E-state index contributed by atoms with van der Waals surface area (Å²) in [5, 5.41) is 6.63. The highest BCUT2D eigenvalue weighted by Crippen LogP contribution is 2.18. The van der Waals surface area contributed by atoms with Crippen LogP contribution in [0.4, 0.5) is 0 Å². The predicted octanol–water partition coefficient (Wildman–Crippen LogP) is 1.26. The van der Waals surface area contributed by atoms with Crippen LogP contribution in [0.15, 0.2) is 4.99 Å². The van der Waals surface area contributed by atoms with E-state index in [2.05, 4.69) is 15.6 Å². The van der Waals surface area contributed by atoms with Gasteiger partial charge in [-0.05, 0) is 38.5 Å². The Hall–Kier alpha value is -0.130. The summed E-state index contributed by atoms with van der Waals surface area (Å²) in [7, 11) is -1.27. The summed E-state index contributed by atoms with van der Waals surface area (Å²) in [6.45, 7) is 6.53. The van der Waals surface area contributed by atoms with Crippen molar-refractivity contribution < 1.29 is 13.2 Å². The minimum Gasteiger partial charge on any atom is -0.382 e. The zero-order chi connectivity index (χ0) is 17.1. The number of unbranched alkanes of at least 4 members (excludes halogenated alkanes) is 1. The van der Waals surface area contributed by atoms with Crippen LogP contribution in [0, 0.1) is 5.92 Å². The van der Waals surface area contributed by atoms with E-state index in [0.717, 1.165) is 57.9 Å². The van der Waals surface area contributed by atoms with E-state index in [-0.39, 0.29) is 24.0 Å². The van der Waals surface area contributed by atoms with Gasteiger partial charge in [-0.3, -0.25) is 4.99 Å². The lowest BCUT2D eigenvalue weighted by molar-refractivity contribution is 0.143. The first-order valence-electron chi connectivity index (χ1n) is 8.44. The fraction of sp³-hybridized carbons (Fsp3) is 0.933. The maximum absolute atomic E-state index is 11.5. The first kappa shape index (κ1) is 23.9. The maximum Gasteiger partial charge on any atom is 0.211 e. The molecular formula is C15H33IN4O3S. The maximum atomic E-state index is 11.5. The van der Waals surface area contributed by atoms with Crippen LogP contribution in [0.2, 0.25) is 0 Å². The zero-order valence-electron chi connectivity index (χ0n) is 15.1. The largest absolute Gasteiger partial charge is 0.382 e. The van der Waals surface area contributed by atoms with Gasteiger partial charge in [0.15, 0.2) is 5.96 Å². The summed E-state index contributed by atoms with van der Waals surface area (Å²) in [6, 6.07) is 0. The number of piperidine rings is 1. The highest BCUT2D eigenvalue weighted by Gasteiger charge is 2.24. The molecule has 1 heterocycles. The summed E-state index contributed by atoms with van der Waals surface area (Å²) in [5.41, 5.74) is 0. The Labute approximate surface area is 164 Å². The van der Waals surface area contributed by atoms with Gasteiger partial charge < -0.3 is 15.4 Å². The van der Waals surface area contributed by atoms with Crippen LogP contribution >= 0.6 is 24.0 Å². The van der Waals surface area contributed by atoms with Crippen LogP contribution in [0.25, 0.3) is 0 Å². The smallest absolute Gasteiger partial charge is 0.211 e. The molecule has 1 aliphatic rings. The SMILES string of the molecule is CCOCCCCNC(=NC)NCC1CCN(S(C)(=O)=O)CC1.I. The van der Waals surface area contributed by atoms with Gasteiger partial charge in [-0.2, -0.15) is 0 Å². The summed E-state index contributed by atoms with van der Waals surface area (Å²) in [4.78, 5) is 4.22. The average Bonchev–Trinajstić information content (AvgIpc) is 2.53. The van der Waals surface area contributed by atoms with Crippen LogP contribution in [-0.2, 0) is 14.8 Å². The van der Waals surface area contributed by atoms with Gasteiger partial charge in [-0.25, -0.2) is 12.7 Å². The van der Waals surface area contributed by atoms with E-state index in [1.807, 2.05) is 6.92 Å². The molecule has 9 heteroatoms. The Kier molecular flexibility index (Phi) is 13.1. The molecule has 0 bridgehead atoms. The normalized spacial score (nSPS) is 17.4. The molecule has 24 heavy (non-hydrogen) atoms. The third-order valence-corrected chi connectivity index (χ3v) is 5.34. The minimum atomic E-state index is -3.04. The molecule has 0 aromatic rings. The Balaban J connectivity index is 0.00000529. The van der Waals surface area contributed by atoms with E-state index in [1.54, 1.807) is 11.4 Å². The van der Waals surface area contributed by atoms with Gasteiger partial charge >= 0.3 is 0 Å². The van der Waals surface area contributed by atoms with E-state index >= 15 is 0 Å². The lowest BCUT2D eigenvalue weighted by Crippen LogP contribution is -2.44. The predicted molar refractivity (Wildman–Crippen MR) is 110 cm³/mol. The monoisotopic (exact) mass is 476 g/mol. The summed E-state index contributed by atoms with van der Waals surface area (Å²) in [5.74, 6) is 1.30. The second-order valence-corrected chi connectivity index (χ2v) is 7.87. The molecule has 1 rings (SSSR count).